The molecule has 2 aromatic rings. The minimum atomic E-state index is 0.277. The molecule has 0 aliphatic carbocycles. The van der Waals surface area contributed by atoms with E-state index in [2.05, 4.69) is 70.5 Å². The summed E-state index contributed by atoms with van der Waals surface area (Å²) in [5.41, 5.74) is 2.77. The monoisotopic (exact) mass is 338 g/mol. The lowest BCUT2D eigenvalue weighted by molar-refractivity contribution is 0.119. The second-order valence-electron chi connectivity index (χ2n) is 7.15. The van der Waals surface area contributed by atoms with Gasteiger partial charge in [-0.15, -0.1) is 0 Å². The molecule has 0 atom stereocenters. The summed E-state index contributed by atoms with van der Waals surface area (Å²) in [5, 5.41) is 9.11. The van der Waals surface area contributed by atoms with Gasteiger partial charge in [-0.25, -0.2) is 0 Å². The van der Waals surface area contributed by atoms with Crippen molar-refractivity contribution in [3.63, 3.8) is 0 Å². The molecular formula is C22H30N2O. The highest BCUT2D eigenvalue weighted by Gasteiger charge is 2.21. The number of hydrogen-bond donors (Lipinski definition) is 1. The smallest absolute Gasteiger partial charge is 0.0558 e. The molecule has 134 valence electrons. The molecular weight excluding hydrogens is 308 g/mol. The van der Waals surface area contributed by atoms with Crippen LogP contribution in [0.15, 0.2) is 60.7 Å². The second-order valence-corrected chi connectivity index (χ2v) is 7.15. The van der Waals surface area contributed by atoms with Crippen LogP contribution in [0, 0.1) is 5.92 Å². The molecule has 0 bridgehead atoms. The van der Waals surface area contributed by atoms with Crippen LogP contribution in [0.5, 0.6) is 0 Å². The Morgan fingerprint density at radius 3 is 1.84 bits per heavy atom. The average molecular weight is 338 g/mol. The predicted molar refractivity (Wildman–Crippen MR) is 103 cm³/mol. The first-order chi connectivity index (χ1) is 12.3. The Morgan fingerprint density at radius 1 is 0.840 bits per heavy atom. The molecule has 3 rings (SSSR count). The Balaban J connectivity index is 1.60. The molecule has 1 aliphatic heterocycles. The Hall–Kier alpha value is -1.68. The maximum atomic E-state index is 9.11. The van der Waals surface area contributed by atoms with Gasteiger partial charge in [-0.3, -0.25) is 4.90 Å². The SMILES string of the molecule is OCCN1CCC(CN(Cc2ccccc2)Cc2ccccc2)CC1. The van der Waals surface area contributed by atoms with Crippen molar-refractivity contribution in [1.82, 2.24) is 9.80 Å². The van der Waals surface area contributed by atoms with Gasteiger partial charge >= 0.3 is 0 Å². The van der Waals surface area contributed by atoms with Gasteiger partial charge in [0.05, 0.1) is 6.61 Å². The number of hydrogen-bond acceptors (Lipinski definition) is 3. The van der Waals surface area contributed by atoms with E-state index >= 15 is 0 Å². The van der Waals surface area contributed by atoms with E-state index in [4.69, 9.17) is 5.11 Å². The summed E-state index contributed by atoms with van der Waals surface area (Å²) in [4.78, 5) is 4.98. The fourth-order valence-electron chi connectivity index (χ4n) is 3.77. The van der Waals surface area contributed by atoms with E-state index in [1.807, 2.05) is 0 Å². The van der Waals surface area contributed by atoms with Crippen molar-refractivity contribution >= 4 is 0 Å². The zero-order valence-electron chi connectivity index (χ0n) is 15.1. The summed E-state index contributed by atoms with van der Waals surface area (Å²) in [6.07, 6.45) is 2.47. The summed E-state index contributed by atoms with van der Waals surface area (Å²) in [6, 6.07) is 21.6. The van der Waals surface area contributed by atoms with Gasteiger partial charge in [0.15, 0.2) is 0 Å². The molecule has 0 saturated carbocycles. The van der Waals surface area contributed by atoms with Crippen molar-refractivity contribution < 1.29 is 5.11 Å². The minimum Gasteiger partial charge on any atom is -0.395 e. The molecule has 0 amide bonds. The molecule has 3 nitrogen and oxygen atoms in total. The van der Waals surface area contributed by atoms with E-state index in [-0.39, 0.29) is 6.61 Å². The van der Waals surface area contributed by atoms with Crippen LogP contribution in [-0.2, 0) is 13.1 Å². The Morgan fingerprint density at radius 2 is 1.36 bits per heavy atom. The minimum absolute atomic E-state index is 0.277. The van der Waals surface area contributed by atoms with Crippen molar-refractivity contribution in [3.05, 3.63) is 71.8 Å². The number of piperidine rings is 1. The molecule has 0 spiro atoms. The van der Waals surface area contributed by atoms with Crippen molar-refractivity contribution in [3.8, 4) is 0 Å². The number of β-amino-alcohol motifs (C(OH)–C–C–N with tert-alkyl or cyclic N) is 1. The average Bonchev–Trinajstić information content (AvgIpc) is 2.65. The molecule has 1 fully saturated rings. The van der Waals surface area contributed by atoms with Gasteiger partial charge in [0.25, 0.3) is 0 Å². The van der Waals surface area contributed by atoms with Crippen LogP contribution < -0.4 is 0 Å². The third-order valence-corrected chi connectivity index (χ3v) is 5.14. The van der Waals surface area contributed by atoms with Crippen LogP contribution >= 0.6 is 0 Å². The molecule has 0 aromatic heterocycles. The normalized spacial score (nSPS) is 16.4. The highest BCUT2D eigenvalue weighted by atomic mass is 16.3. The van der Waals surface area contributed by atoms with Gasteiger partial charge in [0.2, 0.25) is 0 Å². The van der Waals surface area contributed by atoms with E-state index in [1.165, 1.54) is 24.0 Å². The summed E-state index contributed by atoms with van der Waals surface area (Å²) < 4.78 is 0. The Labute approximate surface area is 151 Å². The van der Waals surface area contributed by atoms with Gasteiger partial charge in [0, 0.05) is 26.2 Å². The van der Waals surface area contributed by atoms with Gasteiger partial charge in [-0.2, -0.15) is 0 Å². The van der Waals surface area contributed by atoms with Crippen LogP contribution in [0.1, 0.15) is 24.0 Å². The van der Waals surface area contributed by atoms with Crippen LogP contribution in [0.25, 0.3) is 0 Å². The van der Waals surface area contributed by atoms with Gasteiger partial charge in [-0.05, 0) is 43.0 Å². The molecule has 1 saturated heterocycles. The zero-order valence-corrected chi connectivity index (χ0v) is 15.1. The lowest BCUT2D eigenvalue weighted by Gasteiger charge is -2.34. The van der Waals surface area contributed by atoms with Crippen LogP contribution in [0.4, 0.5) is 0 Å². The first-order valence-corrected chi connectivity index (χ1v) is 9.47. The van der Waals surface area contributed by atoms with E-state index in [0.717, 1.165) is 45.2 Å². The second kappa shape index (κ2) is 9.71. The maximum Gasteiger partial charge on any atom is 0.0558 e. The summed E-state index contributed by atoms with van der Waals surface area (Å²) in [7, 11) is 0. The summed E-state index contributed by atoms with van der Waals surface area (Å²) in [5.74, 6) is 0.752. The molecule has 1 heterocycles. The lowest BCUT2D eigenvalue weighted by atomic mass is 9.95. The molecule has 25 heavy (non-hydrogen) atoms. The van der Waals surface area contributed by atoms with Gasteiger partial charge in [0.1, 0.15) is 0 Å². The van der Waals surface area contributed by atoms with E-state index in [1.54, 1.807) is 0 Å². The topological polar surface area (TPSA) is 26.7 Å². The van der Waals surface area contributed by atoms with E-state index in [9.17, 15) is 0 Å². The van der Waals surface area contributed by atoms with Gasteiger partial charge < -0.3 is 10.0 Å². The van der Waals surface area contributed by atoms with Crippen LogP contribution in [0.3, 0.4) is 0 Å². The number of nitrogens with zero attached hydrogens (tertiary/aromatic N) is 2. The van der Waals surface area contributed by atoms with Crippen molar-refractivity contribution in [2.45, 2.75) is 25.9 Å². The first kappa shape index (κ1) is 18.1. The zero-order chi connectivity index (χ0) is 17.3. The van der Waals surface area contributed by atoms with E-state index in [0.29, 0.717) is 0 Å². The van der Waals surface area contributed by atoms with Crippen molar-refractivity contribution in [2.75, 3.05) is 32.8 Å². The molecule has 1 aliphatic rings. The molecule has 1 N–H and O–H groups in total. The van der Waals surface area contributed by atoms with E-state index < -0.39 is 0 Å². The molecule has 2 aromatic carbocycles. The quantitative estimate of drug-likeness (QED) is 0.799. The number of benzene rings is 2. The molecule has 0 radical (unpaired) electrons. The number of likely N-dealkylation sites (tertiary alicyclic amines) is 1. The molecule has 0 unspecified atom stereocenters. The van der Waals surface area contributed by atoms with Crippen LogP contribution in [0.2, 0.25) is 0 Å². The number of aliphatic hydroxyl groups is 1. The fraction of sp³-hybridized carbons (Fsp3) is 0.455. The highest BCUT2D eigenvalue weighted by molar-refractivity contribution is 5.17. The number of rotatable bonds is 8. The standard InChI is InChI=1S/C22H30N2O/c25-16-15-23-13-11-22(12-14-23)19-24(17-20-7-3-1-4-8-20)18-21-9-5-2-6-10-21/h1-10,22,25H,11-19H2. The third-order valence-electron chi connectivity index (χ3n) is 5.14. The number of aliphatic hydroxyl groups excluding tert-OH is 1. The largest absolute Gasteiger partial charge is 0.395 e. The predicted octanol–water partition coefficient (Wildman–Crippen LogP) is 3.39. The van der Waals surface area contributed by atoms with Crippen molar-refractivity contribution in [2.24, 2.45) is 5.92 Å². The first-order valence-electron chi connectivity index (χ1n) is 9.47. The van der Waals surface area contributed by atoms with Gasteiger partial charge in [-0.1, -0.05) is 60.7 Å². The maximum absolute atomic E-state index is 9.11. The van der Waals surface area contributed by atoms with Crippen molar-refractivity contribution in [1.29, 1.82) is 0 Å². The van der Waals surface area contributed by atoms with Crippen LogP contribution in [-0.4, -0.2) is 47.7 Å². The third kappa shape index (κ3) is 5.96. The molecule has 3 heteroatoms. The fourth-order valence-corrected chi connectivity index (χ4v) is 3.77. The Bertz CT molecular complexity index is 552. The summed E-state index contributed by atoms with van der Waals surface area (Å²) in [6.45, 7) is 6.50. The Kier molecular flexibility index (Phi) is 7.04. The highest BCUT2D eigenvalue weighted by Crippen LogP contribution is 2.20. The summed E-state index contributed by atoms with van der Waals surface area (Å²) >= 11 is 0. The lowest BCUT2D eigenvalue weighted by Crippen LogP contribution is -2.39.